The van der Waals surface area contributed by atoms with Crippen LogP contribution >= 0.6 is 0 Å². The Bertz CT molecular complexity index is 510. The fourth-order valence-corrected chi connectivity index (χ4v) is 2.54. The molecule has 3 heteroatoms. The predicted octanol–water partition coefficient (Wildman–Crippen LogP) is 2.12. The molecule has 1 aromatic heterocycles. The molecule has 1 unspecified atom stereocenters. The average Bonchev–Trinajstić information content (AvgIpc) is 2.46. The van der Waals surface area contributed by atoms with Gasteiger partial charge < -0.3 is 5.32 Å². The fraction of sp³-hybridized carbons (Fsp3) is 0.333. The van der Waals surface area contributed by atoms with E-state index >= 15 is 0 Å². The van der Waals surface area contributed by atoms with Gasteiger partial charge in [0.1, 0.15) is 6.33 Å². The first-order valence-corrected chi connectivity index (χ1v) is 6.47. The Kier molecular flexibility index (Phi) is 3.33. The third-order valence-electron chi connectivity index (χ3n) is 3.56. The molecule has 1 aromatic carbocycles. The SMILES string of the molecule is c1ccc2c(c1)CCC(NCc1ccncn1)C2. The number of benzene rings is 1. The van der Waals surface area contributed by atoms with E-state index in [0.717, 1.165) is 18.7 Å². The van der Waals surface area contributed by atoms with Crippen LogP contribution in [-0.2, 0) is 19.4 Å². The van der Waals surface area contributed by atoms with Gasteiger partial charge in [0.05, 0.1) is 5.69 Å². The number of fused-ring (bicyclic) bond motifs is 1. The summed E-state index contributed by atoms with van der Waals surface area (Å²) in [5.41, 5.74) is 4.06. The van der Waals surface area contributed by atoms with Crippen LogP contribution in [0.3, 0.4) is 0 Å². The molecule has 1 aliphatic rings. The highest BCUT2D eigenvalue weighted by Gasteiger charge is 2.17. The Morgan fingerprint density at radius 1 is 1.17 bits per heavy atom. The van der Waals surface area contributed by atoms with E-state index in [2.05, 4.69) is 39.6 Å². The lowest BCUT2D eigenvalue weighted by Gasteiger charge is -2.25. The van der Waals surface area contributed by atoms with Crippen LogP contribution in [0.5, 0.6) is 0 Å². The zero-order valence-electron chi connectivity index (χ0n) is 10.3. The normalized spacial score (nSPS) is 18.3. The molecule has 0 amide bonds. The molecule has 0 saturated carbocycles. The third-order valence-corrected chi connectivity index (χ3v) is 3.56. The van der Waals surface area contributed by atoms with Crippen molar-refractivity contribution in [1.29, 1.82) is 0 Å². The van der Waals surface area contributed by atoms with Crippen LogP contribution in [0.4, 0.5) is 0 Å². The molecule has 3 rings (SSSR count). The standard InChI is InChI=1S/C15H17N3/c1-2-4-13-9-14(6-5-12(13)3-1)17-10-15-7-8-16-11-18-15/h1-4,7-8,11,14,17H,5-6,9-10H2. The molecule has 1 aliphatic carbocycles. The first kappa shape index (κ1) is 11.4. The van der Waals surface area contributed by atoms with E-state index < -0.39 is 0 Å². The molecular formula is C15H17N3. The van der Waals surface area contributed by atoms with Gasteiger partial charge in [-0.05, 0) is 36.5 Å². The summed E-state index contributed by atoms with van der Waals surface area (Å²) >= 11 is 0. The van der Waals surface area contributed by atoms with Crippen molar-refractivity contribution in [3.8, 4) is 0 Å². The zero-order chi connectivity index (χ0) is 12.2. The van der Waals surface area contributed by atoms with Crippen molar-refractivity contribution >= 4 is 0 Å². The topological polar surface area (TPSA) is 37.8 Å². The minimum atomic E-state index is 0.565. The zero-order valence-corrected chi connectivity index (χ0v) is 10.3. The van der Waals surface area contributed by atoms with E-state index in [4.69, 9.17) is 0 Å². The largest absolute Gasteiger partial charge is 0.308 e. The molecule has 0 fully saturated rings. The Hall–Kier alpha value is -1.74. The van der Waals surface area contributed by atoms with Crippen molar-refractivity contribution < 1.29 is 0 Å². The molecule has 1 atom stereocenters. The van der Waals surface area contributed by atoms with E-state index in [0.29, 0.717) is 6.04 Å². The number of hydrogen-bond donors (Lipinski definition) is 1. The molecule has 3 nitrogen and oxygen atoms in total. The summed E-state index contributed by atoms with van der Waals surface area (Å²) in [6.07, 6.45) is 6.91. The number of aromatic nitrogens is 2. The summed E-state index contributed by atoms with van der Waals surface area (Å²) in [7, 11) is 0. The molecule has 1 heterocycles. The van der Waals surface area contributed by atoms with Crippen molar-refractivity contribution in [2.75, 3.05) is 0 Å². The Morgan fingerprint density at radius 2 is 2.06 bits per heavy atom. The highest BCUT2D eigenvalue weighted by molar-refractivity contribution is 5.30. The summed E-state index contributed by atoms with van der Waals surface area (Å²) < 4.78 is 0. The lowest BCUT2D eigenvalue weighted by molar-refractivity contribution is 0.454. The van der Waals surface area contributed by atoms with E-state index in [1.54, 1.807) is 12.5 Å². The maximum Gasteiger partial charge on any atom is 0.115 e. The molecule has 18 heavy (non-hydrogen) atoms. The van der Waals surface area contributed by atoms with Gasteiger partial charge >= 0.3 is 0 Å². The van der Waals surface area contributed by atoms with Crippen LogP contribution in [0.25, 0.3) is 0 Å². The second kappa shape index (κ2) is 5.27. The van der Waals surface area contributed by atoms with Gasteiger partial charge in [-0.2, -0.15) is 0 Å². The minimum absolute atomic E-state index is 0.565. The summed E-state index contributed by atoms with van der Waals surface area (Å²) in [4.78, 5) is 8.16. The van der Waals surface area contributed by atoms with E-state index in [1.807, 2.05) is 6.07 Å². The minimum Gasteiger partial charge on any atom is -0.308 e. The van der Waals surface area contributed by atoms with Gasteiger partial charge in [-0.25, -0.2) is 9.97 Å². The Morgan fingerprint density at radius 3 is 2.89 bits per heavy atom. The predicted molar refractivity (Wildman–Crippen MR) is 71.1 cm³/mol. The first-order valence-electron chi connectivity index (χ1n) is 6.47. The lowest BCUT2D eigenvalue weighted by atomic mass is 9.88. The van der Waals surface area contributed by atoms with Crippen LogP contribution in [0.2, 0.25) is 0 Å². The first-order chi connectivity index (χ1) is 8.92. The van der Waals surface area contributed by atoms with Crippen molar-refractivity contribution in [2.45, 2.75) is 31.8 Å². The van der Waals surface area contributed by atoms with Gasteiger partial charge in [-0.15, -0.1) is 0 Å². The monoisotopic (exact) mass is 239 g/mol. The number of hydrogen-bond acceptors (Lipinski definition) is 3. The summed E-state index contributed by atoms with van der Waals surface area (Å²) in [5.74, 6) is 0. The van der Waals surface area contributed by atoms with Gasteiger partial charge in [0.15, 0.2) is 0 Å². The highest BCUT2D eigenvalue weighted by Crippen LogP contribution is 2.21. The van der Waals surface area contributed by atoms with Gasteiger partial charge in [0.25, 0.3) is 0 Å². The van der Waals surface area contributed by atoms with Crippen molar-refractivity contribution in [3.05, 3.63) is 59.7 Å². The van der Waals surface area contributed by atoms with Gasteiger partial charge in [-0.3, -0.25) is 0 Å². The molecule has 0 radical (unpaired) electrons. The molecule has 0 spiro atoms. The van der Waals surface area contributed by atoms with E-state index in [-0.39, 0.29) is 0 Å². The summed E-state index contributed by atoms with van der Waals surface area (Å²) in [6, 6.07) is 11.3. The average molecular weight is 239 g/mol. The van der Waals surface area contributed by atoms with Gasteiger partial charge in [0, 0.05) is 18.8 Å². The number of aryl methyl sites for hydroxylation is 1. The number of rotatable bonds is 3. The van der Waals surface area contributed by atoms with Crippen LogP contribution in [0.15, 0.2) is 42.9 Å². The Balaban J connectivity index is 1.60. The van der Waals surface area contributed by atoms with Crippen LogP contribution in [0, 0.1) is 0 Å². The molecule has 0 bridgehead atoms. The molecular weight excluding hydrogens is 222 g/mol. The van der Waals surface area contributed by atoms with Crippen LogP contribution in [-0.4, -0.2) is 16.0 Å². The van der Waals surface area contributed by atoms with Crippen LogP contribution < -0.4 is 5.32 Å². The lowest BCUT2D eigenvalue weighted by Crippen LogP contribution is -2.34. The number of nitrogens with zero attached hydrogens (tertiary/aromatic N) is 2. The molecule has 1 N–H and O–H groups in total. The second-order valence-electron chi connectivity index (χ2n) is 4.79. The highest BCUT2D eigenvalue weighted by atomic mass is 14.9. The van der Waals surface area contributed by atoms with Crippen molar-refractivity contribution in [3.63, 3.8) is 0 Å². The summed E-state index contributed by atoms with van der Waals surface area (Å²) in [5, 5.41) is 3.59. The molecule has 2 aromatic rings. The maximum absolute atomic E-state index is 4.23. The maximum atomic E-state index is 4.23. The third kappa shape index (κ3) is 2.57. The number of nitrogens with one attached hydrogen (secondary N) is 1. The van der Waals surface area contributed by atoms with Crippen molar-refractivity contribution in [2.24, 2.45) is 0 Å². The smallest absolute Gasteiger partial charge is 0.115 e. The van der Waals surface area contributed by atoms with E-state index in [1.165, 1.54) is 24.0 Å². The molecule has 92 valence electrons. The fourth-order valence-electron chi connectivity index (χ4n) is 2.54. The van der Waals surface area contributed by atoms with Crippen molar-refractivity contribution in [1.82, 2.24) is 15.3 Å². The van der Waals surface area contributed by atoms with E-state index in [9.17, 15) is 0 Å². The van der Waals surface area contributed by atoms with Gasteiger partial charge in [0.2, 0.25) is 0 Å². The molecule has 0 saturated heterocycles. The summed E-state index contributed by atoms with van der Waals surface area (Å²) in [6.45, 7) is 0.829. The second-order valence-corrected chi connectivity index (χ2v) is 4.79. The van der Waals surface area contributed by atoms with Crippen LogP contribution in [0.1, 0.15) is 23.2 Å². The van der Waals surface area contributed by atoms with Gasteiger partial charge in [-0.1, -0.05) is 24.3 Å². The Labute approximate surface area is 107 Å². The molecule has 0 aliphatic heterocycles. The quantitative estimate of drug-likeness (QED) is 0.891.